The number of nitrogens with one attached hydrogen (secondary N) is 1. The largest absolute Gasteiger partial charge is 0.308 e. The third kappa shape index (κ3) is 2.72. The van der Waals surface area contributed by atoms with E-state index in [2.05, 4.69) is 48.2 Å². The predicted molar refractivity (Wildman–Crippen MR) is 72.2 cm³/mol. The summed E-state index contributed by atoms with van der Waals surface area (Å²) in [7, 11) is 1.91. The lowest BCUT2D eigenvalue weighted by Gasteiger charge is -2.50. The molecule has 5 heteroatoms. The second-order valence-corrected chi connectivity index (χ2v) is 6.32. The zero-order valence-corrected chi connectivity index (χ0v) is 12.2. The van der Waals surface area contributed by atoms with Gasteiger partial charge in [-0.15, -0.1) is 5.10 Å². The Labute approximate surface area is 110 Å². The zero-order chi connectivity index (χ0) is 13.4. The molecule has 1 aliphatic heterocycles. The number of hydrogen-bond donors (Lipinski definition) is 1. The van der Waals surface area contributed by atoms with E-state index >= 15 is 0 Å². The maximum absolute atomic E-state index is 4.20. The van der Waals surface area contributed by atoms with Crippen molar-refractivity contribution in [2.24, 2.45) is 7.05 Å². The molecule has 1 atom stereocenters. The second-order valence-electron chi connectivity index (χ2n) is 6.32. The normalized spacial score (nSPS) is 28.5. The Balaban J connectivity index is 2.12. The summed E-state index contributed by atoms with van der Waals surface area (Å²) in [4.78, 5) is 2.51. The predicted octanol–water partition coefficient (Wildman–Crippen LogP) is 1.17. The van der Waals surface area contributed by atoms with Crippen molar-refractivity contribution in [2.75, 3.05) is 13.1 Å². The zero-order valence-electron chi connectivity index (χ0n) is 12.2. The lowest BCUT2D eigenvalue weighted by molar-refractivity contribution is 0.0236. The molecule has 1 saturated heterocycles. The summed E-state index contributed by atoms with van der Waals surface area (Å²) in [6.07, 6.45) is 3.14. The number of aryl methyl sites for hydroxylation is 1. The van der Waals surface area contributed by atoms with Crippen molar-refractivity contribution in [1.82, 2.24) is 25.2 Å². The summed E-state index contributed by atoms with van der Waals surface area (Å²) in [5, 5.41) is 11.9. The van der Waals surface area contributed by atoms with E-state index in [1.807, 2.05) is 13.2 Å². The average molecular weight is 251 g/mol. The molecule has 1 aliphatic rings. The molecule has 102 valence electrons. The van der Waals surface area contributed by atoms with Crippen LogP contribution in [0.5, 0.6) is 0 Å². The van der Waals surface area contributed by atoms with Crippen LogP contribution in [0.1, 0.15) is 39.8 Å². The Morgan fingerprint density at radius 1 is 1.39 bits per heavy atom. The molecule has 1 fully saturated rings. The highest BCUT2D eigenvalue weighted by Crippen LogP contribution is 2.26. The van der Waals surface area contributed by atoms with Gasteiger partial charge in [0, 0.05) is 44.0 Å². The van der Waals surface area contributed by atoms with Crippen molar-refractivity contribution in [1.29, 1.82) is 0 Å². The minimum Gasteiger partial charge on any atom is -0.308 e. The molecule has 0 bridgehead atoms. The maximum atomic E-state index is 4.20. The summed E-state index contributed by atoms with van der Waals surface area (Å²) < 4.78 is 1.77. The SMILES string of the molecule is CCC1(C)CN(Cc2cn(C)nn2)C(C)(C)CN1. The average Bonchev–Trinajstić information content (AvgIpc) is 2.70. The van der Waals surface area contributed by atoms with E-state index in [1.54, 1.807) is 4.68 Å². The van der Waals surface area contributed by atoms with Crippen molar-refractivity contribution >= 4 is 0 Å². The molecule has 1 N–H and O–H groups in total. The third-order valence-electron chi connectivity index (χ3n) is 4.13. The van der Waals surface area contributed by atoms with Gasteiger partial charge in [-0.05, 0) is 27.2 Å². The molecule has 18 heavy (non-hydrogen) atoms. The molecule has 1 unspecified atom stereocenters. The summed E-state index contributed by atoms with van der Waals surface area (Å²) in [5.74, 6) is 0. The second kappa shape index (κ2) is 4.63. The van der Waals surface area contributed by atoms with Gasteiger partial charge < -0.3 is 5.32 Å². The summed E-state index contributed by atoms with van der Waals surface area (Å²) in [6, 6.07) is 0. The van der Waals surface area contributed by atoms with E-state index in [1.165, 1.54) is 0 Å². The van der Waals surface area contributed by atoms with Crippen LogP contribution in [0.2, 0.25) is 0 Å². The fraction of sp³-hybridized carbons (Fsp3) is 0.846. The standard InChI is InChI=1S/C13H25N5/c1-6-13(4)10-18(12(2,3)9-14-13)8-11-7-17(5)16-15-11/h7,14H,6,8-10H2,1-5H3. The van der Waals surface area contributed by atoms with Crippen molar-refractivity contribution in [3.63, 3.8) is 0 Å². The lowest BCUT2D eigenvalue weighted by Crippen LogP contribution is -2.66. The molecular weight excluding hydrogens is 226 g/mol. The fourth-order valence-corrected chi connectivity index (χ4v) is 2.40. The number of hydrogen-bond acceptors (Lipinski definition) is 4. The number of nitrogens with zero attached hydrogens (tertiary/aromatic N) is 4. The summed E-state index contributed by atoms with van der Waals surface area (Å²) in [6.45, 7) is 12.0. The lowest BCUT2D eigenvalue weighted by atomic mass is 9.88. The van der Waals surface area contributed by atoms with Gasteiger partial charge >= 0.3 is 0 Å². The van der Waals surface area contributed by atoms with E-state index in [9.17, 15) is 0 Å². The molecule has 2 heterocycles. The van der Waals surface area contributed by atoms with Crippen molar-refractivity contribution in [3.8, 4) is 0 Å². The van der Waals surface area contributed by atoms with Crippen LogP contribution in [-0.2, 0) is 13.6 Å². The van der Waals surface area contributed by atoms with Gasteiger partial charge in [0.1, 0.15) is 0 Å². The van der Waals surface area contributed by atoms with Crippen LogP contribution in [0, 0.1) is 0 Å². The number of rotatable bonds is 3. The quantitative estimate of drug-likeness (QED) is 0.876. The summed E-state index contributed by atoms with van der Waals surface area (Å²) >= 11 is 0. The molecule has 0 amide bonds. The van der Waals surface area contributed by atoms with Crippen molar-refractivity contribution in [2.45, 2.75) is 51.7 Å². The van der Waals surface area contributed by atoms with Crippen LogP contribution in [0.4, 0.5) is 0 Å². The molecule has 0 aromatic carbocycles. The topological polar surface area (TPSA) is 46.0 Å². The molecule has 0 spiro atoms. The maximum Gasteiger partial charge on any atom is 0.0967 e. The van der Waals surface area contributed by atoms with Gasteiger partial charge in [-0.25, -0.2) is 0 Å². The Kier molecular flexibility index (Phi) is 3.47. The first kappa shape index (κ1) is 13.5. The van der Waals surface area contributed by atoms with Crippen molar-refractivity contribution in [3.05, 3.63) is 11.9 Å². The minimum absolute atomic E-state index is 0.159. The fourth-order valence-electron chi connectivity index (χ4n) is 2.40. The molecule has 0 saturated carbocycles. The molecular formula is C13H25N5. The van der Waals surface area contributed by atoms with E-state index in [0.29, 0.717) is 0 Å². The van der Waals surface area contributed by atoms with Crippen LogP contribution in [0.3, 0.4) is 0 Å². The van der Waals surface area contributed by atoms with Crippen LogP contribution < -0.4 is 5.32 Å². The Bertz CT molecular complexity index is 411. The molecule has 2 rings (SSSR count). The monoisotopic (exact) mass is 251 g/mol. The first-order valence-electron chi connectivity index (χ1n) is 6.70. The first-order valence-corrected chi connectivity index (χ1v) is 6.70. The van der Waals surface area contributed by atoms with Crippen LogP contribution >= 0.6 is 0 Å². The van der Waals surface area contributed by atoms with Crippen LogP contribution in [0.25, 0.3) is 0 Å². The molecule has 5 nitrogen and oxygen atoms in total. The van der Waals surface area contributed by atoms with Crippen LogP contribution in [0.15, 0.2) is 6.20 Å². The van der Waals surface area contributed by atoms with Gasteiger partial charge in [0.15, 0.2) is 0 Å². The molecule has 1 aromatic rings. The number of piperazine rings is 1. The van der Waals surface area contributed by atoms with Gasteiger partial charge in [0.05, 0.1) is 5.69 Å². The minimum atomic E-state index is 0.159. The van der Waals surface area contributed by atoms with E-state index in [4.69, 9.17) is 0 Å². The van der Waals surface area contributed by atoms with Gasteiger partial charge in [0.2, 0.25) is 0 Å². The van der Waals surface area contributed by atoms with Gasteiger partial charge in [-0.1, -0.05) is 12.1 Å². The Morgan fingerprint density at radius 2 is 2.11 bits per heavy atom. The smallest absolute Gasteiger partial charge is 0.0967 e. The molecule has 0 aliphatic carbocycles. The first-order chi connectivity index (χ1) is 8.35. The van der Waals surface area contributed by atoms with Gasteiger partial charge in [-0.2, -0.15) is 0 Å². The van der Waals surface area contributed by atoms with Gasteiger partial charge in [0.25, 0.3) is 0 Å². The Hall–Kier alpha value is -0.940. The molecule has 0 radical (unpaired) electrons. The third-order valence-corrected chi connectivity index (χ3v) is 4.13. The van der Waals surface area contributed by atoms with Gasteiger partial charge in [-0.3, -0.25) is 9.58 Å². The van der Waals surface area contributed by atoms with Crippen LogP contribution in [-0.4, -0.2) is 44.1 Å². The Morgan fingerprint density at radius 3 is 2.67 bits per heavy atom. The van der Waals surface area contributed by atoms with E-state index in [0.717, 1.165) is 31.7 Å². The highest BCUT2D eigenvalue weighted by molar-refractivity contribution is 5.02. The molecule has 1 aromatic heterocycles. The highest BCUT2D eigenvalue weighted by Gasteiger charge is 2.39. The van der Waals surface area contributed by atoms with E-state index in [-0.39, 0.29) is 11.1 Å². The highest BCUT2D eigenvalue weighted by atomic mass is 15.4. The van der Waals surface area contributed by atoms with E-state index < -0.39 is 0 Å². The summed E-state index contributed by atoms with van der Waals surface area (Å²) in [5.41, 5.74) is 1.41. The number of aromatic nitrogens is 3. The van der Waals surface area contributed by atoms with Crippen molar-refractivity contribution < 1.29 is 0 Å².